The van der Waals surface area contributed by atoms with Crippen LogP contribution >= 0.6 is 0 Å². The first-order valence-electron chi connectivity index (χ1n) is 7.76. The Kier molecular flexibility index (Phi) is 6.09. The fourth-order valence-corrected chi connectivity index (χ4v) is 3.30. The van der Waals surface area contributed by atoms with E-state index in [-0.39, 0.29) is 12.6 Å². The molecule has 1 N–H and O–H groups in total. The van der Waals surface area contributed by atoms with Gasteiger partial charge in [0, 0.05) is 6.04 Å². The lowest BCUT2D eigenvalue weighted by Gasteiger charge is -2.41. The Labute approximate surface area is 139 Å². The topological polar surface area (TPSA) is 93.1 Å². The van der Waals surface area contributed by atoms with Gasteiger partial charge in [-0.05, 0) is 53.9 Å². The summed E-state index contributed by atoms with van der Waals surface area (Å²) in [6.07, 6.45) is 1.33. The first kappa shape index (κ1) is 20.2. The highest BCUT2D eigenvalue weighted by atomic mass is 32.2. The molecule has 136 valence electrons. The quantitative estimate of drug-likeness (QED) is 0.778. The summed E-state index contributed by atoms with van der Waals surface area (Å²) >= 11 is 0. The molecule has 1 heterocycles. The fourth-order valence-electron chi connectivity index (χ4n) is 2.65. The second kappa shape index (κ2) is 6.94. The van der Waals surface area contributed by atoms with E-state index >= 15 is 0 Å². The smallest absolute Gasteiger partial charge is 0.410 e. The van der Waals surface area contributed by atoms with Crippen LogP contribution in [0.5, 0.6) is 0 Å². The standard InChI is InChI=1S/C15H29NO6S/c1-14(2,3)21-13(17)16-10-12(22-23(6,19)20)8-7-11(16)9-15(4,5)18/h11-12,18H,7-10H2,1-6H3/t11-,12+/m0/s1. The van der Waals surface area contributed by atoms with Crippen molar-refractivity contribution in [1.82, 2.24) is 4.90 Å². The average Bonchev–Trinajstić information content (AvgIpc) is 2.24. The van der Waals surface area contributed by atoms with Crippen molar-refractivity contribution in [2.75, 3.05) is 12.8 Å². The summed E-state index contributed by atoms with van der Waals surface area (Å²) < 4.78 is 33.1. The van der Waals surface area contributed by atoms with E-state index in [0.717, 1.165) is 6.26 Å². The molecule has 1 aliphatic rings. The van der Waals surface area contributed by atoms with Crippen LogP contribution in [0, 0.1) is 0 Å². The van der Waals surface area contributed by atoms with Gasteiger partial charge in [0.25, 0.3) is 10.1 Å². The number of aliphatic hydroxyl groups is 1. The second-order valence-electron chi connectivity index (χ2n) is 7.80. The highest BCUT2D eigenvalue weighted by Crippen LogP contribution is 2.28. The van der Waals surface area contributed by atoms with E-state index < -0.39 is 33.5 Å². The average molecular weight is 351 g/mol. The summed E-state index contributed by atoms with van der Waals surface area (Å²) in [7, 11) is -3.59. The number of rotatable bonds is 4. The molecule has 1 fully saturated rings. The van der Waals surface area contributed by atoms with E-state index in [1.165, 1.54) is 4.90 Å². The number of ether oxygens (including phenoxy) is 1. The zero-order valence-electron chi connectivity index (χ0n) is 14.8. The number of carbonyl (C=O) groups excluding carboxylic acids is 1. The van der Waals surface area contributed by atoms with Crippen molar-refractivity contribution in [1.29, 1.82) is 0 Å². The van der Waals surface area contributed by atoms with Crippen LogP contribution in [0.2, 0.25) is 0 Å². The Morgan fingerprint density at radius 1 is 1.22 bits per heavy atom. The highest BCUT2D eigenvalue weighted by molar-refractivity contribution is 7.86. The Hall–Kier alpha value is -0.860. The van der Waals surface area contributed by atoms with Gasteiger partial charge in [0.1, 0.15) is 5.60 Å². The third kappa shape index (κ3) is 7.99. The monoisotopic (exact) mass is 351 g/mol. The van der Waals surface area contributed by atoms with Crippen molar-refractivity contribution in [3.05, 3.63) is 0 Å². The van der Waals surface area contributed by atoms with Crippen LogP contribution in [0.25, 0.3) is 0 Å². The molecule has 1 saturated heterocycles. The number of nitrogens with zero attached hydrogens (tertiary/aromatic N) is 1. The highest BCUT2D eigenvalue weighted by Gasteiger charge is 2.38. The number of carbonyl (C=O) groups is 1. The van der Waals surface area contributed by atoms with E-state index in [0.29, 0.717) is 19.3 Å². The predicted octanol–water partition coefficient (Wildman–Crippen LogP) is 1.89. The zero-order valence-corrected chi connectivity index (χ0v) is 15.6. The number of hydrogen-bond donors (Lipinski definition) is 1. The van der Waals surface area contributed by atoms with Gasteiger partial charge in [-0.3, -0.25) is 4.18 Å². The molecule has 0 unspecified atom stereocenters. The number of piperidine rings is 1. The molecule has 2 atom stereocenters. The van der Waals surface area contributed by atoms with Crippen molar-refractivity contribution in [3.63, 3.8) is 0 Å². The summed E-state index contributed by atoms with van der Waals surface area (Å²) in [5, 5.41) is 10.0. The zero-order chi connectivity index (χ0) is 18.1. The van der Waals surface area contributed by atoms with Gasteiger partial charge in [-0.1, -0.05) is 0 Å². The van der Waals surface area contributed by atoms with Crippen molar-refractivity contribution in [2.45, 2.75) is 77.2 Å². The van der Waals surface area contributed by atoms with Gasteiger partial charge in [-0.25, -0.2) is 4.79 Å². The van der Waals surface area contributed by atoms with E-state index in [2.05, 4.69) is 0 Å². The van der Waals surface area contributed by atoms with Crippen molar-refractivity contribution >= 4 is 16.2 Å². The molecule has 1 amide bonds. The van der Waals surface area contributed by atoms with Crippen molar-refractivity contribution in [3.8, 4) is 0 Å². The Bertz CT molecular complexity index is 517. The van der Waals surface area contributed by atoms with E-state index in [9.17, 15) is 18.3 Å². The minimum Gasteiger partial charge on any atom is -0.444 e. The summed E-state index contributed by atoms with van der Waals surface area (Å²) in [4.78, 5) is 13.9. The van der Waals surface area contributed by atoms with Gasteiger partial charge in [0.05, 0.1) is 24.5 Å². The van der Waals surface area contributed by atoms with E-state index in [1.807, 2.05) is 0 Å². The molecule has 23 heavy (non-hydrogen) atoms. The molecular weight excluding hydrogens is 322 g/mol. The minimum atomic E-state index is -3.59. The molecule has 0 aliphatic carbocycles. The molecule has 7 nitrogen and oxygen atoms in total. The van der Waals surface area contributed by atoms with Crippen LogP contribution in [0.1, 0.15) is 53.9 Å². The van der Waals surface area contributed by atoms with E-state index in [1.54, 1.807) is 34.6 Å². The van der Waals surface area contributed by atoms with Crippen molar-refractivity contribution < 1.29 is 27.2 Å². The molecule has 0 saturated carbocycles. The van der Waals surface area contributed by atoms with Crippen LogP contribution < -0.4 is 0 Å². The number of hydrogen-bond acceptors (Lipinski definition) is 6. The lowest BCUT2D eigenvalue weighted by molar-refractivity contribution is -0.0270. The van der Waals surface area contributed by atoms with Gasteiger partial charge in [0.15, 0.2) is 0 Å². The maximum atomic E-state index is 12.4. The first-order chi connectivity index (χ1) is 10.2. The molecule has 1 rings (SSSR count). The van der Waals surface area contributed by atoms with Crippen LogP contribution in [0.15, 0.2) is 0 Å². The van der Waals surface area contributed by atoms with Crippen molar-refractivity contribution in [2.24, 2.45) is 0 Å². The first-order valence-corrected chi connectivity index (χ1v) is 9.58. The van der Waals surface area contributed by atoms with Gasteiger partial charge >= 0.3 is 6.09 Å². The lowest BCUT2D eigenvalue weighted by atomic mass is 9.91. The number of likely N-dealkylation sites (tertiary alicyclic amines) is 1. The summed E-state index contributed by atoms with van der Waals surface area (Å²) in [6.45, 7) is 8.79. The SMILES string of the molecule is CC(C)(O)C[C@@H]1CC[C@@H](OS(C)(=O)=O)CN1C(=O)OC(C)(C)C. The molecule has 1 aliphatic heterocycles. The molecule has 0 aromatic carbocycles. The molecule has 0 spiro atoms. The number of amides is 1. The molecule has 8 heteroatoms. The third-order valence-electron chi connectivity index (χ3n) is 3.34. The molecule has 0 bridgehead atoms. The minimum absolute atomic E-state index is 0.128. The fraction of sp³-hybridized carbons (Fsp3) is 0.933. The molecule has 0 aromatic heterocycles. The predicted molar refractivity (Wildman–Crippen MR) is 86.6 cm³/mol. The molecule has 0 radical (unpaired) electrons. The Balaban J connectivity index is 2.89. The second-order valence-corrected chi connectivity index (χ2v) is 9.40. The maximum Gasteiger partial charge on any atom is 0.410 e. The van der Waals surface area contributed by atoms with Gasteiger partial charge in [-0.2, -0.15) is 8.42 Å². The third-order valence-corrected chi connectivity index (χ3v) is 3.96. The lowest BCUT2D eigenvalue weighted by Crippen LogP contribution is -2.53. The largest absolute Gasteiger partial charge is 0.444 e. The normalized spacial score (nSPS) is 23.7. The molecule has 0 aromatic rings. The van der Waals surface area contributed by atoms with Gasteiger partial charge in [0.2, 0.25) is 0 Å². The van der Waals surface area contributed by atoms with Crippen LogP contribution in [-0.2, 0) is 19.0 Å². The Morgan fingerprint density at radius 2 is 1.78 bits per heavy atom. The van der Waals surface area contributed by atoms with Crippen LogP contribution in [0.3, 0.4) is 0 Å². The Morgan fingerprint density at radius 3 is 2.22 bits per heavy atom. The van der Waals surface area contributed by atoms with Gasteiger partial charge < -0.3 is 14.7 Å². The van der Waals surface area contributed by atoms with E-state index in [4.69, 9.17) is 8.92 Å². The van der Waals surface area contributed by atoms with Gasteiger partial charge in [-0.15, -0.1) is 0 Å². The maximum absolute atomic E-state index is 12.4. The van der Waals surface area contributed by atoms with Crippen LogP contribution in [0.4, 0.5) is 4.79 Å². The van der Waals surface area contributed by atoms with Crippen LogP contribution in [-0.4, -0.2) is 60.7 Å². The summed E-state index contributed by atoms with van der Waals surface area (Å²) in [6, 6.07) is -0.218. The molecular formula is C15H29NO6S. The summed E-state index contributed by atoms with van der Waals surface area (Å²) in [5.41, 5.74) is -1.59. The summed E-state index contributed by atoms with van der Waals surface area (Å²) in [5.74, 6) is 0.